The minimum absolute atomic E-state index is 0.286. The second kappa shape index (κ2) is 10.3. The molecule has 0 aliphatic rings. The van der Waals surface area contributed by atoms with Gasteiger partial charge >= 0.3 is 12.3 Å². The van der Waals surface area contributed by atoms with Crippen molar-refractivity contribution < 1.29 is 32.2 Å². The number of ether oxygens (including phenoxy) is 2. The number of halogens is 4. The average Bonchev–Trinajstić information content (AvgIpc) is 3.15. The minimum Gasteiger partial charge on any atom is -0.447 e. The zero-order valence-corrected chi connectivity index (χ0v) is 19.1. The van der Waals surface area contributed by atoms with Crippen LogP contribution in [0.3, 0.4) is 0 Å². The van der Waals surface area contributed by atoms with E-state index in [4.69, 9.17) is 16.3 Å². The highest BCUT2D eigenvalue weighted by molar-refractivity contribution is 6.33. The highest BCUT2D eigenvalue weighted by Crippen LogP contribution is 2.30. The molecule has 0 bridgehead atoms. The van der Waals surface area contributed by atoms with E-state index < -0.39 is 30.9 Å². The second-order valence-electron chi connectivity index (χ2n) is 7.51. The van der Waals surface area contributed by atoms with E-state index in [1.54, 1.807) is 30.6 Å². The Labute approximate surface area is 197 Å². The van der Waals surface area contributed by atoms with E-state index in [0.717, 1.165) is 0 Å². The van der Waals surface area contributed by atoms with Crippen LogP contribution in [0.25, 0.3) is 17.0 Å². The quantitative estimate of drug-likeness (QED) is 0.478. The van der Waals surface area contributed by atoms with Gasteiger partial charge in [-0.1, -0.05) is 11.6 Å². The first-order valence-electron chi connectivity index (χ1n) is 10.0. The van der Waals surface area contributed by atoms with E-state index >= 15 is 0 Å². The van der Waals surface area contributed by atoms with Crippen LogP contribution >= 0.6 is 11.6 Å². The second-order valence-corrected chi connectivity index (χ2v) is 7.91. The number of carbonyl (C=O) groups excluding carboxylic acids is 2. The molecule has 9 nitrogen and oxygen atoms in total. The van der Waals surface area contributed by atoms with Crippen molar-refractivity contribution in [2.75, 3.05) is 17.2 Å². The van der Waals surface area contributed by atoms with Gasteiger partial charge in [0.25, 0.3) is 5.91 Å². The van der Waals surface area contributed by atoms with Gasteiger partial charge in [-0.15, -0.1) is 0 Å². The zero-order valence-electron chi connectivity index (χ0n) is 18.3. The zero-order chi connectivity index (χ0) is 25.0. The molecule has 3 aromatic rings. The number of nitrogens with one attached hydrogen (secondary N) is 2. The van der Waals surface area contributed by atoms with Crippen molar-refractivity contribution in [2.24, 2.45) is 0 Å². The number of benzene rings is 1. The third kappa shape index (κ3) is 6.81. The molecule has 1 aromatic carbocycles. The van der Waals surface area contributed by atoms with Gasteiger partial charge in [0.1, 0.15) is 12.7 Å². The maximum atomic E-state index is 12.3. The molecule has 1 unspecified atom stereocenters. The lowest BCUT2D eigenvalue weighted by atomic mass is 10.1. The molecule has 182 valence electrons. The molecular formula is C21H21ClF3N5O4. The molecule has 0 spiro atoms. The van der Waals surface area contributed by atoms with Gasteiger partial charge in [-0.3, -0.25) is 14.5 Å². The van der Waals surface area contributed by atoms with Crippen LogP contribution in [-0.2, 0) is 14.3 Å². The molecule has 0 aliphatic heterocycles. The molecule has 2 heterocycles. The van der Waals surface area contributed by atoms with E-state index in [1.807, 2.05) is 0 Å². The lowest BCUT2D eigenvalue weighted by Crippen LogP contribution is -2.31. The van der Waals surface area contributed by atoms with Gasteiger partial charge in [-0.2, -0.15) is 13.2 Å². The van der Waals surface area contributed by atoms with E-state index in [9.17, 15) is 22.8 Å². The first kappa shape index (κ1) is 25.2. The van der Waals surface area contributed by atoms with Crippen molar-refractivity contribution in [3.63, 3.8) is 0 Å². The van der Waals surface area contributed by atoms with E-state index in [0.29, 0.717) is 27.7 Å². The van der Waals surface area contributed by atoms with Crippen molar-refractivity contribution in [3.05, 3.63) is 41.8 Å². The Morgan fingerprint density at radius 1 is 1.15 bits per heavy atom. The van der Waals surface area contributed by atoms with Gasteiger partial charge in [0, 0.05) is 23.6 Å². The molecule has 0 aliphatic carbocycles. The summed E-state index contributed by atoms with van der Waals surface area (Å²) in [5.41, 5.74) is 1.53. The molecule has 1 atom stereocenters. The van der Waals surface area contributed by atoms with Crippen molar-refractivity contribution in [1.82, 2.24) is 14.4 Å². The molecule has 2 aromatic heterocycles. The van der Waals surface area contributed by atoms with Crippen LogP contribution in [0.5, 0.6) is 0 Å². The predicted octanol–water partition coefficient (Wildman–Crippen LogP) is 4.91. The summed E-state index contributed by atoms with van der Waals surface area (Å²) >= 11 is 6.30. The Bertz CT molecular complexity index is 1200. The standard InChI is InChI=1S/C21H21ClF3N5O4/c1-11(2)34-20(32)28-14-7-26-19-29-17(9-30(19)8-14)15-6-13(4-5-16(15)22)27-18(31)12(3)33-10-21(23,24)25/h4-9,11-12H,10H2,1-3H3,(H,27,31)(H,28,32). The summed E-state index contributed by atoms with van der Waals surface area (Å²) < 4.78 is 48.1. The molecule has 0 saturated heterocycles. The van der Waals surface area contributed by atoms with E-state index in [-0.39, 0.29) is 11.8 Å². The number of imidazole rings is 1. The third-order valence-corrected chi connectivity index (χ3v) is 4.60. The first-order valence-corrected chi connectivity index (χ1v) is 10.4. The van der Waals surface area contributed by atoms with Gasteiger partial charge in [-0.25, -0.2) is 14.8 Å². The minimum atomic E-state index is -4.54. The fraction of sp³-hybridized carbons (Fsp3) is 0.333. The number of hydrogen-bond donors (Lipinski definition) is 2. The van der Waals surface area contributed by atoms with Gasteiger partial charge in [0.15, 0.2) is 0 Å². The van der Waals surface area contributed by atoms with Crippen LogP contribution in [0.1, 0.15) is 20.8 Å². The van der Waals surface area contributed by atoms with Crippen molar-refractivity contribution in [1.29, 1.82) is 0 Å². The maximum Gasteiger partial charge on any atom is 0.411 e. The summed E-state index contributed by atoms with van der Waals surface area (Å²) in [6.45, 7) is 3.13. The molecule has 0 fully saturated rings. The number of carbonyl (C=O) groups is 2. The van der Waals surface area contributed by atoms with Gasteiger partial charge in [0.05, 0.1) is 28.7 Å². The number of aromatic nitrogens is 3. The molecule has 13 heteroatoms. The average molecular weight is 500 g/mol. The fourth-order valence-corrected chi connectivity index (χ4v) is 2.99. The predicted molar refractivity (Wildman–Crippen MR) is 119 cm³/mol. The van der Waals surface area contributed by atoms with E-state index in [1.165, 1.54) is 31.3 Å². The smallest absolute Gasteiger partial charge is 0.411 e. The van der Waals surface area contributed by atoms with Gasteiger partial charge in [-0.05, 0) is 39.0 Å². The number of anilines is 2. The highest BCUT2D eigenvalue weighted by atomic mass is 35.5. The molecule has 0 saturated carbocycles. The Morgan fingerprint density at radius 3 is 2.56 bits per heavy atom. The highest BCUT2D eigenvalue weighted by Gasteiger charge is 2.30. The third-order valence-electron chi connectivity index (χ3n) is 4.28. The summed E-state index contributed by atoms with van der Waals surface area (Å²) in [7, 11) is 0. The number of alkyl halides is 3. The number of rotatable bonds is 7. The topological polar surface area (TPSA) is 107 Å². The Hall–Kier alpha value is -3.38. The molecule has 2 N–H and O–H groups in total. The molecule has 0 radical (unpaired) electrons. The largest absolute Gasteiger partial charge is 0.447 e. The summed E-state index contributed by atoms with van der Waals surface area (Å²) in [6, 6.07) is 4.54. The van der Waals surface area contributed by atoms with Crippen LogP contribution in [-0.4, -0.2) is 51.4 Å². The number of hydrogen-bond acceptors (Lipinski definition) is 6. The summed E-state index contributed by atoms with van der Waals surface area (Å²) in [4.78, 5) is 32.5. The van der Waals surface area contributed by atoms with Crippen molar-refractivity contribution in [3.8, 4) is 11.3 Å². The number of amides is 2. The van der Waals surface area contributed by atoms with Crippen molar-refractivity contribution >= 4 is 40.8 Å². The fourth-order valence-electron chi connectivity index (χ4n) is 2.78. The summed E-state index contributed by atoms with van der Waals surface area (Å²) in [5, 5.41) is 5.37. The molecule has 2 amide bonds. The maximum absolute atomic E-state index is 12.3. The van der Waals surface area contributed by atoms with Gasteiger partial charge in [0.2, 0.25) is 5.78 Å². The first-order chi connectivity index (χ1) is 15.9. The van der Waals surface area contributed by atoms with Crippen molar-refractivity contribution in [2.45, 2.75) is 39.2 Å². The normalized spacial score (nSPS) is 12.6. The molecule has 3 rings (SSSR count). The Morgan fingerprint density at radius 2 is 1.88 bits per heavy atom. The summed E-state index contributed by atoms with van der Waals surface area (Å²) in [6.07, 6.45) is -2.17. The van der Waals surface area contributed by atoms with Crippen LogP contribution in [0.2, 0.25) is 5.02 Å². The Kier molecular flexibility index (Phi) is 7.62. The van der Waals surface area contributed by atoms with Crippen LogP contribution in [0.4, 0.5) is 29.3 Å². The number of nitrogens with zero attached hydrogens (tertiary/aromatic N) is 3. The molecule has 34 heavy (non-hydrogen) atoms. The van der Waals surface area contributed by atoms with Crippen LogP contribution in [0.15, 0.2) is 36.8 Å². The van der Waals surface area contributed by atoms with Gasteiger partial charge < -0.3 is 14.8 Å². The van der Waals surface area contributed by atoms with Crippen LogP contribution in [0, 0.1) is 0 Å². The van der Waals surface area contributed by atoms with Crippen LogP contribution < -0.4 is 10.6 Å². The Balaban J connectivity index is 1.77. The summed E-state index contributed by atoms with van der Waals surface area (Å²) in [5.74, 6) is -0.435. The lowest BCUT2D eigenvalue weighted by Gasteiger charge is -2.15. The molecular weight excluding hydrogens is 479 g/mol. The monoisotopic (exact) mass is 499 g/mol. The lowest BCUT2D eigenvalue weighted by molar-refractivity contribution is -0.184. The number of fused-ring (bicyclic) bond motifs is 1. The SMILES string of the molecule is CC(C)OC(=O)Nc1cnc2nc(-c3cc(NC(=O)C(C)OCC(F)(F)F)ccc3Cl)cn2c1. The van der Waals surface area contributed by atoms with E-state index in [2.05, 4.69) is 25.3 Å².